The van der Waals surface area contributed by atoms with Crippen molar-refractivity contribution < 1.29 is 9.90 Å². The number of hydrogen-bond acceptors (Lipinski definition) is 2. The molecular formula is C14H14N2O2. The second-order valence-corrected chi connectivity index (χ2v) is 4.51. The number of nitrogens with zero attached hydrogens (tertiary/aromatic N) is 1. The zero-order valence-electron chi connectivity index (χ0n) is 9.89. The van der Waals surface area contributed by atoms with Gasteiger partial charge in [0.2, 0.25) is 0 Å². The number of aromatic nitrogens is 1. The van der Waals surface area contributed by atoms with Gasteiger partial charge in [-0.05, 0) is 41.8 Å². The lowest BCUT2D eigenvalue weighted by atomic mass is 9.99. The van der Waals surface area contributed by atoms with Gasteiger partial charge in [0.15, 0.2) is 0 Å². The van der Waals surface area contributed by atoms with E-state index in [9.17, 15) is 9.90 Å². The SMILES string of the molecule is O=C(c1ccc[nH]1)N1CCc2ccc(O)cc2C1. The number of amides is 1. The smallest absolute Gasteiger partial charge is 0.270 e. The number of aromatic hydroxyl groups is 1. The van der Waals surface area contributed by atoms with E-state index in [1.165, 1.54) is 5.56 Å². The van der Waals surface area contributed by atoms with Crippen LogP contribution in [0.1, 0.15) is 21.6 Å². The highest BCUT2D eigenvalue weighted by molar-refractivity contribution is 5.92. The first-order chi connectivity index (χ1) is 8.74. The number of fused-ring (bicyclic) bond motifs is 1. The van der Waals surface area contributed by atoms with Gasteiger partial charge in [-0.15, -0.1) is 0 Å². The highest BCUT2D eigenvalue weighted by Gasteiger charge is 2.22. The average molecular weight is 242 g/mol. The molecule has 0 radical (unpaired) electrons. The molecule has 2 N–H and O–H groups in total. The van der Waals surface area contributed by atoms with E-state index in [-0.39, 0.29) is 11.7 Å². The van der Waals surface area contributed by atoms with Crippen LogP contribution < -0.4 is 0 Å². The first kappa shape index (κ1) is 10.9. The number of carbonyl (C=O) groups excluding carboxylic acids is 1. The molecule has 92 valence electrons. The Bertz CT molecular complexity index is 575. The number of nitrogens with one attached hydrogen (secondary N) is 1. The number of benzene rings is 1. The molecule has 1 aliphatic rings. The lowest BCUT2D eigenvalue weighted by Gasteiger charge is -2.28. The van der Waals surface area contributed by atoms with Crippen LogP contribution >= 0.6 is 0 Å². The number of phenols is 1. The molecule has 0 atom stereocenters. The number of hydrogen-bond donors (Lipinski definition) is 2. The van der Waals surface area contributed by atoms with Crippen LogP contribution in [-0.4, -0.2) is 27.4 Å². The fourth-order valence-corrected chi connectivity index (χ4v) is 2.35. The molecule has 0 fully saturated rings. The highest BCUT2D eigenvalue weighted by Crippen LogP contribution is 2.23. The molecular weight excluding hydrogens is 228 g/mol. The number of carbonyl (C=O) groups is 1. The van der Waals surface area contributed by atoms with Crippen molar-refractivity contribution in [1.29, 1.82) is 0 Å². The lowest BCUT2D eigenvalue weighted by Crippen LogP contribution is -2.36. The summed E-state index contributed by atoms with van der Waals surface area (Å²) in [7, 11) is 0. The lowest BCUT2D eigenvalue weighted by molar-refractivity contribution is 0.0729. The van der Waals surface area contributed by atoms with E-state index < -0.39 is 0 Å². The second kappa shape index (κ2) is 4.22. The Balaban J connectivity index is 1.84. The molecule has 0 bridgehead atoms. The molecule has 18 heavy (non-hydrogen) atoms. The van der Waals surface area contributed by atoms with Crippen LogP contribution in [0, 0.1) is 0 Å². The summed E-state index contributed by atoms with van der Waals surface area (Å²) in [6.07, 6.45) is 2.58. The topological polar surface area (TPSA) is 56.3 Å². The van der Waals surface area contributed by atoms with Crippen molar-refractivity contribution >= 4 is 5.91 Å². The van der Waals surface area contributed by atoms with Crippen LogP contribution in [0.2, 0.25) is 0 Å². The van der Waals surface area contributed by atoms with Crippen LogP contribution in [0.4, 0.5) is 0 Å². The molecule has 1 aromatic heterocycles. The Morgan fingerprint density at radius 2 is 2.17 bits per heavy atom. The predicted octanol–water partition coefficient (Wildman–Crippen LogP) is 1.92. The third-order valence-electron chi connectivity index (χ3n) is 3.32. The molecule has 4 heteroatoms. The fraction of sp³-hybridized carbons (Fsp3) is 0.214. The van der Waals surface area contributed by atoms with Crippen LogP contribution in [0.25, 0.3) is 0 Å². The molecule has 1 aromatic carbocycles. The molecule has 2 aromatic rings. The van der Waals surface area contributed by atoms with Crippen molar-refractivity contribution in [3.63, 3.8) is 0 Å². The zero-order chi connectivity index (χ0) is 12.5. The summed E-state index contributed by atoms with van der Waals surface area (Å²) in [6.45, 7) is 1.28. The van der Waals surface area contributed by atoms with Crippen molar-refractivity contribution in [2.75, 3.05) is 6.54 Å². The molecule has 0 unspecified atom stereocenters. The van der Waals surface area contributed by atoms with E-state index in [0.717, 1.165) is 18.5 Å². The van der Waals surface area contributed by atoms with Crippen LogP contribution in [0.15, 0.2) is 36.5 Å². The summed E-state index contributed by atoms with van der Waals surface area (Å²) >= 11 is 0. The van der Waals surface area contributed by atoms with Crippen molar-refractivity contribution in [3.05, 3.63) is 53.3 Å². The standard InChI is InChI=1S/C14H14N2O2/c17-12-4-3-10-5-7-16(9-11(10)8-12)14(18)13-2-1-6-15-13/h1-4,6,8,15,17H,5,7,9H2. The molecule has 2 heterocycles. The van der Waals surface area contributed by atoms with Crippen molar-refractivity contribution in [2.24, 2.45) is 0 Å². The summed E-state index contributed by atoms with van der Waals surface area (Å²) in [5, 5.41) is 9.49. The van der Waals surface area contributed by atoms with E-state index in [0.29, 0.717) is 12.2 Å². The molecule has 0 saturated carbocycles. The molecule has 1 aliphatic heterocycles. The minimum atomic E-state index is 0.00833. The third-order valence-corrected chi connectivity index (χ3v) is 3.32. The Morgan fingerprint density at radius 1 is 1.28 bits per heavy atom. The molecule has 4 nitrogen and oxygen atoms in total. The molecule has 0 saturated heterocycles. The largest absolute Gasteiger partial charge is 0.508 e. The minimum Gasteiger partial charge on any atom is -0.508 e. The Labute approximate surface area is 105 Å². The Morgan fingerprint density at radius 3 is 2.94 bits per heavy atom. The number of H-pyrrole nitrogens is 1. The van der Waals surface area contributed by atoms with Gasteiger partial charge in [0, 0.05) is 19.3 Å². The molecule has 3 rings (SSSR count). The Hall–Kier alpha value is -2.23. The van der Waals surface area contributed by atoms with Gasteiger partial charge in [-0.1, -0.05) is 6.07 Å². The maximum atomic E-state index is 12.2. The summed E-state index contributed by atoms with van der Waals surface area (Å²) in [4.78, 5) is 16.9. The molecule has 1 amide bonds. The van der Waals surface area contributed by atoms with Gasteiger partial charge in [0.1, 0.15) is 11.4 Å². The van der Waals surface area contributed by atoms with Gasteiger partial charge in [-0.25, -0.2) is 0 Å². The second-order valence-electron chi connectivity index (χ2n) is 4.51. The van der Waals surface area contributed by atoms with Gasteiger partial charge in [0.05, 0.1) is 0 Å². The first-order valence-corrected chi connectivity index (χ1v) is 5.97. The van der Waals surface area contributed by atoms with Crippen molar-refractivity contribution in [1.82, 2.24) is 9.88 Å². The Kier molecular flexibility index (Phi) is 2.55. The number of rotatable bonds is 1. The highest BCUT2D eigenvalue weighted by atomic mass is 16.3. The van der Waals surface area contributed by atoms with Crippen molar-refractivity contribution in [3.8, 4) is 5.75 Å². The normalized spacial score (nSPS) is 14.3. The summed E-state index contributed by atoms with van der Waals surface area (Å²) in [6, 6.07) is 8.96. The molecule has 0 aliphatic carbocycles. The average Bonchev–Trinajstić information content (AvgIpc) is 2.90. The first-order valence-electron chi connectivity index (χ1n) is 5.97. The summed E-state index contributed by atoms with van der Waals surface area (Å²) in [5.41, 5.74) is 2.85. The van der Waals surface area contributed by atoms with Gasteiger partial charge in [-0.3, -0.25) is 4.79 Å². The van der Waals surface area contributed by atoms with Gasteiger partial charge in [-0.2, -0.15) is 0 Å². The number of phenolic OH excluding ortho intramolecular Hbond substituents is 1. The zero-order valence-corrected chi connectivity index (χ0v) is 9.89. The fourth-order valence-electron chi connectivity index (χ4n) is 2.35. The van der Waals surface area contributed by atoms with Crippen LogP contribution in [-0.2, 0) is 13.0 Å². The maximum absolute atomic E-state index is 12.2. The summed E-state index contributed by atoms with van der Waals surface area (Å²) in [5.74, 6) is 0.261. The predicted molar refractivity (Wildman–Crippen MR) is 67.3 cm³/mol. The van der Waals surface area contributed by atoms with E-state index in [1.807, 2.05) is 12.1 Å². The van der Waals surface area contributed by atoms with E-state index in [4.69, 9.17) is 0 Å². The summed E-state index contributed by atoms with van der Waals surface area (Å²) < 4.78 is 0. The van der Waals surface area contributed by atoms with Gasteiger partial charge < -0.3 is 15.0 Å². The van der Waals surface area contributed by atoms with Gasteiger partial charge >= 0.3 is 0 Å². The van der Waals surface area contributed by atoms with E-state index >= 15 is 0 Å². The monoisotopic (exact) mass is 242 g/mol. The molecule has 0 spiro atoms. The maximum Gasteiger partial charge on any atom is 0.270 e. The van der Waals surface area contributed by atoms with Crippen molar-refractivity contribution in [2.45, 2.75) is 13.0 Å². The van der Waals surface area contributed by atoms with Crippen LogP contribution in [0.5, 0.6) is 5.75 Å². The third kappa shape index (κ3) is 1.86. The van der Waals surface area contributed by atoms with E-state index in [2.05, 4.69) is 4.98 Å². The van der Waals surface area contributed by atoms with Gasteiger partial charge in [0.25, 0.3) is 5.91 Å². The quantitative estimate of drug-likeness (QED) is 0.802. The van der Waals surface area contributed by atoms with Crippen LogP contribution in [0.3, 0.4) is 0 Å². The minimum absolute atomic E-state index is 0.00833. The van der Waals surface area contributed by atoms with E-state index in [1.54, 1.807) is 29.3 Å². The number of aromatic amines is 1.